The second-order valence-electron chi connectivity index (χ2n) is 3.43. The number of carboxylic acid groups (broad SMARTS) is 1. The van der Waals surface area contributed by atoms with Crippen LogP contribution in [-0.2, 0) is 0 Å². The molecule has 0 spiro atoms. The molecule has 8 heteroatoms. The molecule has 1 aromatic rings. The van der Waals surface area contributed by atoms with Gasteiger partial charge < -0.3 is 22.3 Å². The maximum Gasteiger partial charge on any atom is 0.337 e. The number of benzene rings is 1. The van der Waals surface area contributed by atoms with Gasteiger partial charge in [0.2, 0.25) is 5.96 Å². The highest BCUT2D eigenvalue weighted by molar-refractivity contribution is 14.1. The zero-order valence-electron chi connectivity index (χ0n) is 9.51. The number of halogens is 1. The summed E-state index contributed by atoms with van der Waals surface area (Å²) in [5.41, 5.74) is 16.8. The quantitative estimate of drug-likeness (QED) is 0.345. The van der Waals surface area contributed by atoms with E-state index in [0.29, 0.717) is 5.56 Å². The van der Waals surface area contributed by atoms with Crippen molar-refractivity contribution >= 4 is 46.2 Å². The molecule has 0 aliphatic heterocycles. The second-order valence-corrected chi connectivity index (χ2v) is 4.68. The van der Waals surface area contributed by atoms with Crippen LogP contribution in [0.3, 0.4) is 0 Å². The van der Waals surface area contributed by atoms with Gasteiger partial charge in [0.15, 0.2) is 5.96 Å². The molecule has 0 saturated heterocycles. The number of carbonyl (C=O) groups is 1. The van der Waals surface area contributed by atoms with E-state index in [1.54, 1.807) is 13.0 Å². The van der Waals surface area contributed by atoms with E-state index in [0.717, 1.165) is 3.57 Å². The Kier molecular flexibility index (Phi) is 4.48. The Morgan fingerprint density at radius 2 is 1.94 bits per heavy atom. The van der Waals surface area contributed by atoms with Crippen LogP contribution in [0.15, 0.2) is 22.1 Å². The lowest BCUT2D eigenvalue weighted by Crippen LogP contribution is -2.26. The summed E-state index contributed by atoms with van der Waals surface area (Å²) in [6.07, 6.45) is 0. The minimum atomic E-state index is -1.09. The number of nitrogens with zero attached hydrogens (tertiary/aromatic N) is 2. The minimum absolute atomic E-state index is 0.0492. The highest BCUT2D eigenvalue weighted by Gasteiger charge is 2.13. The average molecular weight is 361 g/mol. The van der Waals surface area contributed by atoms with Crippen molar-refractivity contribution in [2.75, 3.05) is 0 Å². The number of aliphatic imine (C=N–C) groups is 2. The smallest absolute Gasteiger partial charge is 0.337 e. The molecule has 0 amide bonds. The van der Waals surface area contributed by atoms with Crippen LogP contribution in [0, 0.1) is 10.5 Å². The van der Waals surface area contributed by atoms with Gasteiger partial charge in [0.05, 0.1) is 11.3 Å². The van der Waals surface area contributed by atoms with Crippen LogP contribution in [0.4, 0.5) is 5.69 Å². The zero-order chi connectivity index (χ0) is 13.9. The molecule has 7 N–H and O–H groups in total. The van der Waals surface area contributed by atoms with Gasteiger partial charge in [-0.25, -0.2) is 9.79 Å². The Morgan fingerprint density at radius 1 is 1.33 bits per heavy atom. The summed E-state index contributed by atoms with van der Waals surface area (Å²) >= 11 is 2.02. The van der Waals surface area contributed by atoms with Crippen LogP contribution in [-0.4, -0.2) is 23.0 Å². The predicted molar refractivity (Wildman–Crippen MR) is 77.9 cm³/mol. The maximum atomic E-state index is 11.1. The largest absolute Gasteiger partial charge is 0.478 e. The van der Waals surface area contributed by atoms with Gasteiger partial charge in [-0.1, -0.05) is 0 Å². The van der Waals surface area contributed by atoms with Crippen LogP contribution in [0.1, 0.15) is 15.9 Å². The van der Waals surface area contributed by atoms with Gasteiger partial charge in [-0.05, 0) is 47.2 Å². The summed E-state index contributed by atoms with van der Waals surface area (Å²) in [5.74, 6) is -1.52. The van der Waals surface area contributed by atoms with Crippen LogP contribution in [0.5, 0.6) is 0 Å². The van der Waals surface area contributed by atoms with E-state index in [2.05, 4.69) is 9.98 Å². The van der Waals surface area contributed by atoms with Gasteiger partial charge in [0, 0.05) is 3.57 Å². The number of rotatable bonds is 2. The molecule has 0 fully saturated rings. The van der Waals surface area contributed by atoms with E-state index in [4.69, 9.17) is 22.3 Å². The van der Waals surface area contributed by atoms with Gasteiger partial charge in [-0.2, -0.15) is 4.99 Å². The second kappa shape index (κ2) is 5.67. The van der Waals surface area contributed by atoms with Crippen LogP contribution in [0.2, 0.25) is 0 Å². The van der Waals surface area contributed by atoms with E-state index in [-0.39, 0.29) is 23.2 Å². The third-order valence-electron chi connectivity index (χ3n) is 1.97. The highest BCUT2D eigenvalue weighted by Crippen LogP contribution is 2.26. The third-order valence-corrected chi connectivity index (χ3v) is 2.59. The fraction of sp³-hybridized carbons (Fsp3) is 0.100. The third kappa shape index (κ3) is 3.58. The van der Waals surface area contributed by atoms with E-state index < -0.39 is 5.97 Å². The molecule has 0 heterocycles. The lowest BCUT2D eigenvalue weighted by Gasteiger charge is -2.06. The van der Waals surface area contributed by atoms with Gasteiger partial charge in [0.25, 0.3) is 0 Å². The van der Waals surface area contributed by atoms with Crippen molar-refractivity contribution in [1.82, 2.24) is 0 Å². The lowest BCUT2D eigenvalue weighted by molar-refractivity contribution is 0.0697. The molecule has 0 radical (unpaired) electrons. The fourth-order valence-electron chi connectivity index (χ4n) is 1.32. The number of aryl methyl sites for hydroxylation is 1. The SMILES string of the molecule is Cc1cc(I)cc(C(=O)O)c1N=C(N)N=C(N)N. The van der Waals surface area contributed by atoms with Crippen molar-refractivity contribution in [3.8, 4) is 0 Å². The molecule has 0 unspecified atom stereocenters. The first-order chi connectivity index (χ1) is 8.31. The van der Waals surface area contributed by atoms with Crippen LogP contribution in [0.25, 0.3) is 0 Å². The summed E-state index contributed by atoms with van der Waals surface area (Å²) in [4.78, 5) is 18.6. The molecule has 1 rings (SSSR count). The average Bonchev–Trinajstić information content (AvgIpc) is 2.20. The first-order valence-electron chi connectivity index (χ1n) is 4.78. The van der Waals surface area contributed by atoms with Crippen molar-refractivity contribution in [3.05, 3.63) is 26.8 Å². The molecule has 0 aliphatic carbocycles. The Hall–Kier alpha value is -1.84. The summed E-state index contributed by atoms with van der Waals surface area (Å²) in [6, 6.07) is 3.28. The van der Waals surface area contributed by atoms with E-state index >= 15 is 0 Å². The topological polar surface area (TPSA) is 140 Å². The summed E-state index contributed by atoms with van der Waals surface area (Å²) < 4.78 is 0.793. The van der Waals surface area contributed by atoms with Crippen LogP contribution < -0.4 is 17.2 Å². The van der Waals surface area contributed by atoms with Crippen molar-refractivity contribution < 1.29 is 9.90 Å². The fourth-order valence-corrected chi connectivity index (χ4v) is 2.10. The summed E-state index contributed by atoms with van der Waals surface area (Å²) in [6.45, 7) is 1.73. The minimum Gasteiger partial charge on any atom is -0.478 e. The van der Waals surface area contributed by atoms with Crippen molar-refractivity contribution in [3.63, 3.8) is 0 Å². The van der Waals surface area contributed by atoms with E-state index in [1.165, 1.54) is 6.07 Å². The monoisotopic (exact) mass is 361 g/mol. The van der Waals surface area contributed by atoms with Gasteiger partial charge in [0.1, 0.15) is 0 Å². The Morgan fingerprint density at radius 3 is 2.44 bits per heavy atom. The zero-order valence-corrected chi connectivity index (χ0v) is 11.7. The van der Waals surface area contributed by atoms with Gasteiger partial charge in [-0.15, -0.1) is 0 Å². The lowest BCUT2D eigenvalue weighted by atomic mass is 10.1. The Labute approximate surface area is 117 Å². The highest BCUT2D eigenvalue weighted by atomic mass is 127. The number of carboxylic acids is 1. The normalized spacial score (nSPS) is 11.1. The molecule has 7 nitrogen and oxygen atoms in total. The molecule has 0 aliphatic rings. The molecule has 0 bridgehead atoms. The number of hydrogen-bond acceptors (Lipinski definition) is 2. The van der Waals surface area contributed by atoms with Crippen molar-refractivity contribution in [2.45, 2.75) is 6.92 Å². The number of hydrogen-bond donors (Lipinski definition) is 4. The molecule has 0 aromatic heterocycles. The number of aromatic carboxylic acids is 1. The molecule has 0 atom stereocenters. The molecular weight excluding hydrogens is 349 g/mol. The molecule has 18 heavy (non-hydrogen) atoms. The number of nitrogens with two attached hydrogens (primary N) is 3. The summed E-state index contributed by atoms with van der Waals surface area (Å²) in [5, 5.41) is 9.11. The maximum absolute atomic E-state index is 11.1. The first kappa shape index (κ1) is 14.2. The molecular formula is C10H12IN5O2. The van der Waals surface area contributed by atoms with E-state index in [9.17, 15) is 4.79 Å². The first-order valence-corrected chi connectivity index (χ1v) is 5.86. The van der Waals surface area contributed by atoms with Crippen molar-refractivity contribution in [2.24, 2.45) is 27.2 Å². The van der Waals surface area contributed by atoms with Crippen LogP contribution >= 0.6 is 22.6 Å². The van der Waals surface area contributed by atoms with Gasteiger partial charge >= 0.3 is 5.97 Å². The predicted octanol–water partition coefficient (Wildman–Crippen LogP) is 0.517. The number of guanidine groups is 2. The summed E-state index contributed by atoms with van der Waals surface area (Å²) in [7, 11) is 0. The molecule has 96 valence electrons. The Balaban J connectivity index is 3.40. The Bertz CT molecular complexity index is 549. The molecule has 1 aromatic carbocycles. The van der Waals surface area contributed by atoms with Gasteiger partial charge in [-0.3, -0.25) is 0 Å². The van der Waals surface area contributed by atoms with E-state index in [1.807, 2.05) is 22.6 Å². The standard InChI is InChI=1S/C10H12IN5O2/c1-4-2-5(11)3-6(8(17)18)7(4)15-10(14)16-9(12)13/h2-3H,1H3,(H,17,18)(H6,12,13,14,15,16). The molecule has 0 saturated carbocycles. The van der Waals surface area contributed by atoms with Crippen molar-refractivity contribution in [1.29, 1.82) is 0 Å².